The van der Waals surface area contributed by atoms with Gasteiger partial charge in [-0.15, -0.1) is 0 Å². The Morgan fingerprint density at radius 1 is 1.04 bits per heavy atom. The molecule has 132 valence electrons. The van der Waals surface area contributed by atoms with Gasteiger partial charge in [0.25, 0.3) is 0 Å². The van der Waals surface area contributed by atoms with E-state index in [1.54, 1.807) is 17.0 Å². The lowest BCUT2D eigenvalue weighted by Gasteiger charge is -2.30. The van der Waals surface area contributed by atoms with Crippen molar-refractivity contribution >= 4 is 12.1 Å². The molecular weight excluding hydrogens is 306 g/mol. The molecule has 0 N–H and O–H groups in total. The quantitative estimate of drug-likeness (QED) is 0.767. The maximum atomic E-state index is 12.1. The molecule has 1 fully saturated rings. The zero-order valence-electron chi connectivity index (χ0n) is 14.8. The number of esters is 1. The van der Waals surface area contributed by atoms with Gasteiger partial charge in [0.05, 0.1) is 5.56 Å². The summed E-state index contributed by atoms with van der Waals surface area (Å²) in [7, 11) is 0. The number of carbonyl (C=O) groups excluding carboxylic acids is 2. The number of nitrogens with zero attached hydrogens (tertiary/aromatic N) is 1. The first-order chi connectivity index (χ1) is 11.3. The van der Waals surface area contributed by atoms with E-state index in [1.165, 1.54) is 0 Å². The third kappa shape index (κ3) is 5.87. The lowest BCUT2D eigenvalue weighted by Crippen LogP contribution is -2.39. The predicted octanol–water partition coefficient (Wildman–Crippen LogP) is 4.02. The van der Waals surface area contributed by atoms with Gasteiger partial charge in [0.15, 0.2) is 0 Å². The van der Waals surface area contributed by atoms with Crippen LogP contribution in [0.1, 0.15) is 56.8 Å². The Balaban J connectivity index is 1.82. The maximum absolute atomic E-state index is 12.1. The second kappa shape index (κ2) is 8.18. The molecule has 0 aliphatic carbocycles. The van der Waals surface area contributed by atoms with Crippen LogP contribution >= 0.6 is 0 Å². The monoisotopic (exact) mass is 333 g/mol. The van der Waals surface area contributed by atoms with Crippen LogP contribution < -0.4 is 0 Å². The van der Waals surface area contributed by atoms with Gasteiger partial charge in [0.2, 0.25) is 0 Å². The van der Waals surface area contributed by atoms with Crippen LogP contribution in [0.25, 0.3) is 0 Å². The molecule has 0 bridgehead atoms. The van der Waals surface area contributed by atoms with Crippen LogP contribution in [0.3, 0.4) is 0 Å². The number of hydrogen-bond acceptors (Lipinski definition) is 4. The van der Waals surface area contributed by atoms with Gasteiger partial charge in [-0.1, -0.05) is 18.2 Å². The second-order valence-corrected chi connectivity index (χ2v) is 7.15. The molecule has 0 aromatic heterocycles. The Kier molecular flexibility index (Phi) is 6.23. The largest absolute Gasteiger partial charge is 0.459 e. The van der Waals surface area contributed by atoms with Crippen molar-refractivity contribution in [2.24, 2.45) is 0 Å². The van der Waals surface area contributed by atoms with E-state index < -0.39 is 5.60 Å². The minimum Gasteiger partial charge on any atom is -0.459 e. The van der Waals surface area contributed by atoms with Crippen LogP contribution in [0.2, 0.25) is 0 Å². The molecule has 1 aliphatic heterocycles. The fraction of sp³-hybridized carbons (Fsp3) is 0.579. The Morgan fingerprint density at radius 2 is 1.62 bits per heavy atom. The third-order valence-corrected chi connectivity index (χ3v) is 3.84. The van der Waals surface area contributed by atoms with Gasteiger partial charge in [-0.25, -0.2) is 9.59 Å². The molecule has 5 heteroatoms. The highest BCUT2D eigenvalue weighted by Gasteiger charge is 2.25. The fourth-order valence-corrected chi connectivity index (χ4v) is 2.70. The van der Waals surface area contributed by atoms with Crippen LogP contribution in [-0.4, -0.2) is 41.8 Å². The number of rotatable bonds is 2. The van der Waals surface area contributed by atoms with E-state index in [1.807, 2.05) is 39.0 Å². The van der Waals surface area contributed by atoms with Crippen molar-refractivity contribution in [3.63, 3.8) is 0 Å². The van der Waals surface area contributed by atoms with E-state index >= 15 is 0 Å². The molecule has 0 saturated carbocycles. The summed E-state index contributed by atoms with van der Waals surface area (Å²) >= 11 is 0. The summed E-state index contributed by atoms with van der Waals surface area (Å²) in [5.41, 5.74) is 0.0997. The van der Waals surface area contributed by atoms with Gasteiger partial charge in [0.1, 0.15) is 11.7 Å². The van der Waals surface area contributed by atoms with Crippen LogP contribution in [0.15, 0.2) is 30.3 Å². The van der Waals surface area contributed by atoms with E-state index in [4.69, 9.17) is 9.47 Å². The highest BCUT2D eigenvalue weighted by Crippen LogP contribution is 2.18. The summed E-state index contributed by atoms with van der Waals surface area (Å²) in [6, 6.07) is 9.05. The molecule has 1 aromatic rings. The average molecular weight is 333 g/mol. The Hall–Kier alpha value is -2.04. The van der Waals surface area contributed by atoms with Crippen molar-refractivity contribution in [1.82, 2.24) is 4.90 Å². The van der Waals surface area contributed by atoms with Gasteiger partial charge >= 0.3 is 12.1 Å². The number of carbonyl (C=O) groups is 2. The van der Waals surface area contributed by atoms with Gasteiger partial charge in [-0.3, -0.25) is 0 Å². The normalized spacial score (nSPS) is 16.9. The lowest BCUT2D eigenvalue weighted by atomic mass is 10.1. The highest BCUT2D eigenvalue weighted by atomic mass is 16.6. The summed E-state index contributed by atoms with van der Waals surface area (Å²) in [5, 5.41) is 0. The molecular formula is C19H27NO4. The van der Waals surface area contributed by atoms with Crippen molar-refractivity contribution in [2.75, 3.05) is 13.1 Å². The van der Waals surface area contributed by atoms with E-state index in [0.717, 1.165) is 25.7 Å². The minimum absolute atomic E-state index is 0.0847. The van der Waals surface area contributed by atoms with E-state index in [2.05, 4.69) is 0 Å². The van der Waals surface area contributed by atoms with Crippen molar-refractivity contribution in [3.8, 4) is 0 Å². The van der Waals surface area contributed by atoms with Crippen molar-refractivity contribution in [2.45, 2.75) is 58.2 Å². The maximum Gasteiger partial charge on any atom is 0.410 e. The zero-order valence-corrected chi connectivity index (χ0v) is 14.8. The molecule has 5 nitrogen and oxygen atoms in total. The van der Waals surface area contributed by atoms with Crippen LogP contribution in [0.4, 0.5) is 4.79 Å². The molecule has 0 unspecified atom stereocenters. The molecule has 0 radical (unpaired) electrons. The molecule has 1 heterocycles. The second-order valence-electron chi connectivity index (χ2n) is 7.15. The first-order valence-electron chi connectivity index (χ1n) is 8.59. The average Bonchev–Trinajstić information content (AvgIpc) is 2.48. The van der Waals surface area contributed by atoms with E-state index in [9.17, 15) is 9.59 Å². The molecule has 1 saturated heterocycles. The Bertz CT molecular complexity index is 540. The van der Waals surface area contributed by atoms with Gasteiger partial charge in [0, 0.05) is 13.1 Å². The first-order valence-corrected chi connectivity index (χ1v) is 8.59. The van der Waals surface area contributed by atoms with E-state index in [-0.39, 0.29) is 18.2 Å². The molecule has 2 rings (SSSR count). The topological polar surface area (TPSA) is 55.8 Å². The number of amides is 1. The summed E-state index contributed by atoms with van der Waals surface area (Å²) < 4.78 is 11.0. The van der Waals surface area contributed by atoms with Crippen LogP contribution in [-0.2, 0) is 9.47 Å². The van der Waals surface area contributed by atoms with Crippen molar-refractivity contribution in [3.05, 3.63) is 35.9 Å². The predicted molar refractivity (Wildman–Crippen MR) is 91.9 cm³/mol. The van der Waals surface area contributed by atoms with Crippen molar-refractivity contribution < 1.29 is 19.1 Å². The smallest absolute Gasteiger partial charge is 0.410 e. The van der Waals surface area contributed by atoms with Gasteiger partial charge < -0.3 is 14.4 Å². The van der Waals surface area contributed by atoms with Crippen LogP contribution in [0.5, 0.6) is 0 Å². The number of likely N-dealkylation sites (tertiary alicyclic amines) is 1. The number of ether oxygens (including phenoxy) is 2. The lowest BCUT2D eigenvalue weighted by molar-refractivity contribution is 0.0103. The molecule has 1 aromatic carbocycles. The number of hydrogen-bond donors (Lipinski definition) is 0. The standard InChI is InChI=1S/C19H27NO4/c1-19(2,3)24-18(22)20-13-7-11-16(12-8-14-20)23-17(21)15-9-5-4-6-10-15/h4-6,9-10,16H,7-8,11-14H2,1-3H3. The molecule has 1 aliphatic rings. The molecule has 0 atom stereocenters. The number of benzene rings is 1. The fourth-order valence-electron chi connectivity index (χ4n) is 2.70. The SMILES string of the molecule is CC(C)(C)OC(=O)N1CCCC(OC(=O)c2ccccc2)CCC1. The molecule has 0 spiro atoms. The zero-order chi connectivity index (χ0) is 17.6. The summed E-state index contributed by atoms with van der Waals surface area (Å²) in [6.45, 7) is 6.87. The Morgan fingerprint density at radius 3 is 2.17 bits per heavy atom. The molecule has 1 amide bonds. The van der Waals surface area contributed by atoms with Gasteiger partial charge in [-0.05, 0) is 58.6 Å². The van der Waals surface area contributed by atoms with E-state index in [0.29, 0.717) is 18.7 Å². The van der Waals surface area contributed by atoms with Gasteiger partial charge in [-0.2, -0.15) is 0 Å². The van der Waals surface area contributed by atoms with Crippen molar-refractivity contribution in [1.29, 1.82) is 0 Å². The molecule has 24 heavy (non-hydrogen) atoms. The first kappa shape index (κ1) is 18.3. The third-order valence-electron chi connectivity index (χ3n) is 3.84. The minimum atomic E-state index is -0.479. The Labute approximate surface area is 143 Å². The summed E-state index contributed by atoms with van der Waals surface area (Å²) in [5.74, 6) is -0.273. The van der Waals surface area contributed by atoms with Crippen LogP contribution in [0, 0.1) is 0 Å². The summed E-state index contributed by atoms with van der Waals surface area (Å²) in [6.07, 6.45) is 2.77. The summed E-state index contributed by atoms with van der Waals surface area (Å²) in [4.78, 5) is 26.0. The highest BCUT2D eigenvalue weighted by molar-refractivity contribution is 5.89.